The van der Waals surface area contributed by atoms with Crippen molar-refractivity contribution in [1.82, 2.24) is 39.6 Å². The van der Waals surface area contributed by atoms with E-state index in [1.54, 1.807) is 24.1 Å². The Labute approximate surface area is 187 Å². The lowest BCUT2D eigenvalue weighted by molar-refractivity contribution is 0.0941. The van der Waals surface area contributed by atoms with Crippen LogP contribution in [0.5, 0.6) is 0 Å². The first-order valence-electron chi connectivity index (χ1n) is 9.89. The third-order valence-electron chi connectivity index (χ3n) is 5.27. The minimum absolute atomic E-state index is 0.188. The molecule has 0 aliphatic heterocycles. The van der Waals surface area contributed by atoms with Crippen molar-refractivity contribution in [3.63, 3.8) is 0 Å². The van der Waals surface area contributed by atoms with Gasteiger partial charge in [0.25, 0.3) is 5.91 Å². The molecule has 10 nitrogen and oxygen atoms in total. The Morgan fingerprint density at radius 2 is 2.06 bits per heavy atom. The monoisotopic (exact) mass is 449 g/mol. The Hall–Kier alpha value is -3.92. The number of rotatable bonds is 5. The molecule has 32 heavy (non-hydrogen) atoms. The standard InChI is InChI=1S/C21H20ClN9O/c1-11-3-16(30(2)29-11)21(32)24-7-15-6-12-4-14(22)5-13(17(12)28-15)8-31-10-27-18-19(23)25-9-26-20(18)31/h3-6,9-10,28H,7-8H2,1-2H3,(H,24,32)(H2,23,25,26). The van der Waals surface area contributed by atoms with Crippen LogP contribution in [0.4, 0.5) is 5.82 Å². The van der Waals surface area contributed by atoms with E-state index >= 15 is 0 Å². The molecule has 4 aromatic heterocycles. The van der Waals surface area contributed by atoms with Crippen LogP contribution in [0.15, 0.2) is 36.9 Å². The van der Waals surface area contributed by atoms with Crippen LogP contribution in [0.25, 0.3) is 22.1 Å². The van der Waals surface area contributed by atoms with Crippen molar-refractivity contribution in [2.24, 2.45) is 7.05 Å². The number of H-pyrrole nitrogens is 1. The molecule has 5 rings (SSSR count). The Bertz CT molecular complexity index is 1480. The van der Waals surface area contributed by atoms with Crippen molar-refractivity contribution in [3.8, 4) is 0 Å². The normalized spacial score (nSPS) is 11.5. The maximum Gasteiger partial charge on any atom is 0.269 e. The predicted octanol–water partition coefficient (Wildman–Crippen LogP) is 2.56. The molecule has 4 N–H and O–H groups in total. The van der Waals surface area contributed by atoms with Crippen molar-refractivity contribution >= 4 is 45.4 Å². The minimum atomic E-state index is -0.188. The molecule has 0 radical (unpaired) electrons. The quantitative estimate of drug-likeness (QED) is 0.377. The molecule has 4 heterocycles. The summed E-state index contributed by atoms with van der Waals surface area (Å²) in [7, 11) is 1.75. The highest BCUT2D eigenvalue weighted by Crippen LogP contribution is 2.26. The molecule has 11 heteroatoms. The molecule has 5 aromatic rings. The number of amides is 1. The summed E-state index contributed by atoms with van der Waals surface area (Å²) >= 11 is 6.38. The van der Waals surface area contributed by atoms with Crippen LogP contribution in [0.2, 0.25) is 5.02 Å². The van der Waals surface area contributed by atoms with E-state index in [1.807, 2.05) is 29.7 Å². The van der Waals surface area contributed by atoms with Crippen LogP contribution in [0.1, 0.15) is 27.4 Å². The number of hydrogen-bond donors (Lipinski definition) is 3. The Morgan fingerprint density at radius 1 is 1.22 bits per heavy atom. The van der Waals surface area contributed by atoms with E-state index in [0.29, 0.717) is 40.8 Å². The van der Waals surface area contributed by atoms with Crippen LogP contribution >= 0.6 is 11.6 Å². The van der Waals surface area contributed by atoms with Gasteiger partial charge >= 0.3 is 0 Å². The van der Waals surface area contributed by atoms with Crippen LogP contribution in [0.3, 0.4) is 0 Å². The molecule has 162 valence electrons. The highest BCUT2D eigenvalue weighted by Gasteiger charge is 2.14. The lowest BCUT2D eigenvalue weighted by Crippen LogP contribution is -2.25. The number of fused-ring (bicyclic) bond motifs is 2. The van der Waals surface area contributed by atoms with Crippen LogP contribution in [-0.4, -0.2) is 40.2 Å². The van der Waals surface area contributed by atoms with Gasteiger partial charge in [-0.2, -0.15) is 5.10 Å². The van der Waals surface area contributed by atoms with Crippen molar-refractivity contribution in [2.75, 3.05) is 5.73 Å². The molecule has 0 spiro atoms. The van der Waals surface area contributed by atoms with Gasteiger partial charge in [0.1, 0.15) is 17.5 Å². The van der Waals surface area contributed by atoms with Gasteiger partial charge in [0.15, 0.2) is 11.5 Å². The summed E-state index contributed by atoms with van der Waals surface area (Å²) < 4.78 is 3.46. The number of carbonyl (C=O) groups excluding carboxylic acids is 1. The van der Waals surface area contributed by atoms with E-state index in [2.05, 4.69) is 30.4 Å². The van der Waals surface area contributed by atoms with Crippen LogP contribution < -0.4 is 11.1 Å². The number of anilines is 1. The molecule has 0 fully saturated rings. The number of nitrogen functional groups attached to an aromatic ring is 1. The molecule has 0 bridgehead atoms. The predicted molar refractivity (Wildman–Crippen MR) is 121 cm³/mol. The molecule has 1 amide bonds. The van der Waals surface area contributed by atoms with E-state index in [-0.39, 0.29) is 5.91 Å². The number of benzene rings is 1. The molecule has 0 aliphatic carbocycles. The van der Waals surface area contributed by atoms with Gasteiger partial charge in [-0.25, -0.2) is 15.0 Å². The summed E-state index contributed by atoms with van der Waals surface area (Å²) in [5.74, 6) is 0.152. The summed E-state index contributed by atoms with van der Waals surface area (Å²) in [6, 6.07) is 7.52. The molecule has 1 aromatic carbocycles. The molecular weight excluding hydrogens is 430 g/mol. The van der Waals surface area contributed by atoms with Gasteiger partial charge in [-0.05, 0) is 36.8 Å². The second-order valence-corrected chi connectivity index (χ2v) is 8.04. The zero-order valence-corrected chi connectivity index (χ0v) is 18.2. The number of imidazole rings is 1. The SMILES string of the molecule is Cc1cc(C(=O)NCc2cc3cc(Cl)cc(Cn4cnc5c(N)ncnc54)c3[nH]2)n(C)n1. The number of nitrogens with zero attached hydrogens (tertiary/aromatic N) is 6. The molecule has 0 saturated heterocycles. The van der Waals surface area contributed by atoms with Crippen molar-refractivity contribution in [3.05, 3.63) is 64.6 Å². The average molecular weight is 450 g/mol. The Kier molecular flexibility index (Phi) is 4.78. The zero-order chi connectivity index (χ0) is 22.4. The lowest BCUT2D eigenvalue weighted by Gasteiger charge is -2.07. The van der Waals surface area contributed by atoms with Gasteiger partial charge in [-0.15, -0.1) is 0 Å². The van der Waals surface area contributed by atoms with Gasteiger partial charge in [0.2, 0.25) is 0 Å². The highest BCUT2D eigenvalue weighted by molar-refractivity contribution is 6.31. The van der Waals surface area contributed by atoms with E-state index < -0.39 is 0 Å². The number of halogens is 1. The van der Waals surface area contributed by atoms with Gasteiger partial charge in [-0.3, -0.25) is 9.48 Å². The zero-order valence-electron chi connectivity index (χ0n) is 17.4. The highest BCUT2D eigenvalue weighted by atomic mass is 35.5. The molecule has 0 unspecified atom stereocenters. The Morgan fingerprint density at radius 3 is 2.84 bits per heavy atom. The van der Waals surface area contributed by atoms with Crippen molar-refractivity contribution in [2.45, 2.75) is 20.0 Å². The number of nitrogens with two attached hydrogens (primary N) is 1. The number of nitrogens with one attached hydrogen (secondary N) is 2. The second kappa shape index (κ2) is 7.65. The summed E-state index contributed by atoms with van der Waals surface area (Å²) in [5.41, 5.74) is 11.2. The lowest BCUT2D eigenvalue weighted by atomic mass is 10.1. The van der Waals surface area contributed by atoms with Crippen LogP contribution in [-0.2, 0) is 20.1 Å². The van der Waals surface area contributed by atoms with E-state index in [1.165, 1.54) is 6.33 Å². The van der Waals surface area contributed by atoms with Crippen LogP contribution in [0, 0.1) is 6.92 Å². The van der Waals surface area contributed by atoms with E-state index in [4.69, 9.17) is 17.3 Å². The number of aromatic nitrogens is 7. The summed E-state index contributed by atoms with van der Waals surface area (Å²) in [6.45, 7) is 2.68. The topological polar surface area (TPSA) is 132 Å². The first-order chi connectivity index (χ1) is 15.4. The van der Waals surface area contributed by atoms with Gasteiger partial charge in [-0.1, -0.05) is 11.6 Å². The number of hydrogen-bond acceptors (Lipinski definition) is 6. The Balaban J connectivity index is 1.43. The summed E-state index contributed by atoms with van der Waals surface area (Å²) in [4.78, 5) is 28.5. The largest absolute Gasteiger partial charge is 0.382 e. The summed E-state index contributed by atoms with van der Waals surface area (Å²) in [6.07, 6.45) is 3.10. The fourth-order valence-corrected chi connectivity index (χ4v) is 4.09. The van der Waals surface area contributed by atoms with Crippen molar-refractivity contribution in [1.29, 1.82) is 0 Å². The fourth-order valence-electron chi connectivity index (χ4n) is 3.84. The molecule has 0 aliphatic rings. The van der Waals surface area contributed by atoms with Crippen molar-refractivity contribution < 1.29 is 4.79 Å². The fraction of sp³-hybridized carbons (Fsp3) is 0.190. The van der Waals surface area contributed by atoms with Gasteiger partial charge in [0, 0.05) is 23.2 Å². The molecule has 0 saturated carbocycles. The number of aromatic amines is 1. The maximum absolute atomic E-state index is 12.5. The minimum Gasteiger partial charge on any atom is -0.382 e. The van der Waals surface area contributed by atoms with Gasteiger partial charge in [0.05, 0.1) is 30.6 Å². The summed E-state index contributed by atoms with van der Waals surface area (Å²) in [5, 5.41) is 8.71. The molecule has 0 atom stereocenters. The first-order valence-corrected chi connectivity index (χ1v) is 10.3. The average Bonchev–Trinajstić information content (AvgIpc) is 3.43. The number of carbonyl (C=O) groups is 1. The molecular formula is C21H20ClN9O. The third-order valence-corrected chi connectivity index (χ3v) is 5.49. The van der Waals surface area contributed by atoms with Gasteiger partial charge < -0.3 is 20.6 Å². The first kappa shape index (κ1) is 20.0. The van der Waals surface area contributed by atoms with E-state index in [9.17, 15) is 4.79 Å². The van der Waals surface area contributed by atoms with E-state index in [0.717, 1.165) is 27.9 Å². The number of aryl methyl sites for hydroxylation is 2. The second-order valence-electron chi connectivity index (χ2n) is 7.60. The third kappa shape index (κ3) is 3.54. The smallest absolute Gasteiger partial charge is 0.269 e. The maximum atomic E-state index is 12.5.